The lowest BCUT2D eigenvalue weighted by Crippen LogP contribution is -2.36. The second-order valence-corrected chi connectivity index (χ2v) is 6.74. The Morgan fingerprint density at radius 2 is 1.87 bits per heavy atom. The summed E-state index contributed by atoms with van der Waals surface area (Å²) in [5.74, 6) is 3.11. The van der Waals surface area contributed by atoms with Crippen LogP contribution in [0.2, 0.25) is 0 Å². The quantitative estimate of drug-likeness (QED) is 0.457. The molecule has 0 spiro atoms. The number of nitrogens with zero attached hydrogens (tertiary/aromatic N) is 5. The molecule has 0 saturated heterocycles. The van der Waals surface area contributed by atoms with Crippen molar-refractivity contribution in [2.45, 2.75) is 6.42 Å². The molecule has 0 fully saturated rings. The summed E-state index contributed by atoms with van der Waals surface area (Å²) >= 11 is 0. The molecule has 0 unspecified atom stereocenters. The first kappa shape index (κ1) is 21.3. The SMILES string of the molecule is [C-]#[N+]CCN(CC[N+]#[C-])C(=O)Cc1ccc2ncnc(Nc3cccc(C#C)c3)c2c1. The van der Waals surface area contributed by atoms with E-state index in [0.29, 0.717) is 18.9 Å². The van der Waals surface area contributed by atoms with Crippen molar-refractivity contribution < 1.29 is 4.79 Å². The number of hydrogen-bond donors (Lipinski definition) is 1. The molecule has 0 atom stereocenters. The molecule has 1 amide bonds. The van der Waals surface area contributed by atoms with E-state index in [1.165, 1.54) is 6.33 Å². The summed E-state index contributed by atoms with van der Waals surface area (Å²) in [4.78, 5) is 29.6. The van der Waals surface area contributed by atoms with Gasteiger partial charge in [-0.2, -0.15) is 0 Å². The van der Waals surface area contributed by atoms with Crippen LogP contribution in [0.4, 0.5) is 11.5 Å². The molecule has 0 saturated carbocycles. The van der Waals surface area contributed by atoms with E-state index in [-0.39, 0.29) is 25.4 Å². The zero-order valence-electron chi connectivity index (χ0n) is 16.9. The van der Waals surface area contributed by atoms with E-state index in [0.717, 1.165) is 27.7 Å². The number of terminal acetylenes is 1. The van der Waals surface area contributed by atoms with Crippen molar-refractivity contribution >= 4 is 28.3 Å². The van der Waals surface area contributed by atoms with Crippen molar-refractivity contribution in [3.8, 4) is 12.3 Å². The van der Waals surface area contributed by atoms with Crippen LogP contribution in [0, 0.1) is 25.5 Å². The number of carbonyl (C=O) groups excluding carboxylic acids is 1. The van der Waals surface area contributed by atoms with Gasteiger partial charge in [0.15, 0.2) is 0 Å². The molecule has 0 aliphatic rings. The second-order valence-electron chi connectivity index (χ2n) is 6.74. The van der Waals surface area contributed by atoms with E-state index < -0.39 is 0 Å². The van der Waals surface area contributed by atoms with Gasteiger partial charge in [-0.05, 0) is 35.9 Å². The Hall–Kier alpha value is -4.41. The third kappa shape index (κ3) is 5.56. The third-order valence-corrected chi connectivity index (χ3v) is 4.66. The first-order chi connectivity index (χ1) is 15.1. The van der Waals surface area contributed by atoms with Crippen LogP contribution in [0.5, 0.6) is 0 Å². The number of benzene rings is 2. The topological polar surface area (TPSA) is 66.8 Å². The summed E-state index contributed by atoms with van der Waals surface area (Å²) in [6, 6.07) is 13.1. The Kier molecular flexibility index (Phi) is 7.14. The van der Waals surface area contributed by atoms with E-state index >= 15 is 0 Å². The summed E-state index contributed by atoms with van der Waals surface area (Å²) in [7, 11) is 0. The summed E-state index contributed by atoms with van der Waals surface area (Å²) in [6.07, 6.45) is 7.14. The Morgan fingerprint density at radius 3 is 2.58 bits per heavy atom. The number of amides is 1. The maximum Gasteiger partial charge on any atom is 0.232 e. The number of fused-ring (bicyclic) bond motifs is 1. The van der Waals surface area contributed by atoms with E-state index in [9.17, 15) is 4.79 Å². The predicted molar refractivity (Wildman–Crippen MR) is 120 cm³/mol. The van der Waals surface area contributed by atoms with Gasteiger partial charge in [-0.25, -0.2) is 23.1 Å². The molecular weight excluding hydrogens is 388 g/mol. The van der Waals surface area contributed by atoms with Gasteiger partial charge in [-0.3, -0.25) is 4.79 Å². The molecule has 0 radical (unpaired) electrons. The van der Waals surface area contributed by atoms with Gasteiger partial charge in [0.2, 0.25) is 19.0 Å². The molecular formula is C24H20N6O. The smallest absolute Gasteiger partial charge is 0.232 e. The third-order valence-electron chi connectivity index (χ3n) is 4.66. The van der Waals surface area contributed by atoms with Crippen molar-refractivity contribution in [3.05, 3.63) is 82.8 Å². The minimum Gasteiger partial charge on any atom is -0.340 e. The van der Waals surface area contributed by atoms with Crippen molar-refractivity contribution in [1.82, 2.24) is 14.9 Å². The minimum absolute atomic E-state index is 0.111. The normalized spacial score (nSPS) is 9.97. The average Bonchev–Trinajstić information content (AvgIpc) is 2.79. The van der Waals surface area contributed by atoms with Gasteiger partial charge in [-0.1, -0.05) is 18.1 Å². The van der Waals surface area contributed by atoms with Crippen LogP contribution >= 0.6 is 0 Å². The molecule has 2 aromatic carbocycles. The van der Waals surface area contributed by atoms with Crippen LogP contribution in [-0.4, -0.2) is 47.0 Å². The molecule has 152 valence electrons. The lowest BCUT2D eigenvalue weighted by Gasteiger charge is -2.18. The molecule has 1 aromatic heterocycles. The summed E-state index contributed by atoms with van der Waals surface area (Å²) in [5, 5.41) is 4.06. The van der Waals surface area contributed by atoms with Crippen molar-refractivity contribution in [3.63, 3.8) is 0 Å². The van der Waals surface area contributed by atoms with Gasteiger partial charge >= 0.3 is 0 Å². The van der Waals surface area contributed by atoms with Crippen molar-refractivity contribution in [2.75, 3.05) is 31.5 Å². The Balaban J connectivity index is 1.85. The largest absolute Gasteiger partial charge is 0.340 e. The highest BCUT2D eigenvalue weighted by atomic mass is 16.2. The number of rotatable bonds is 8. The molecule has 7 nitrogen and oxygen atoms in total. The molecule has 31 heavy (non-hydrogen) atoms. The minimum atomic E-state index is -0.111. The highest BCUT2D eigenvalue weighted by molar-refractivity contribution is 5.92. The van der Waals surface area contributed by atoms with Crippen molar-refractivity contribution in [2.24, 2.45) is 0 Å². The average molecular weight is 408 g/mol. The summed E-state index contributed by atoms with van der Waals surface area (Å²) in [5.41, 5.74) is 3.12. The predicted octanol–water partition coefficient (Wildman–Crippen LogP) is 3.56. The summed E-state index contributed by atoms with van der Waals surface area (Å²) < 4.78 is 0. The number of carbonyl (C=O) groups is 1. The summed E-state index contributed by atoms with van der Waals surface area (Å²) in [6.45, 7) is 15.0. The standard InChI is InChI=1S/C24H20N6O/c1-4-18-6-5-7-20(14-18)29-24-21-15-19(8-9-22(21)27-17-28-24)16-23(31)30(12-10-25-2)13-11-26-3/h1,5-9,14-15,17H,10-13,16H2,(H,27,28,29). The molecule has 0 aliphatic heterocycles. The second kappa shape index (κ2) is 10.4. The van der Waals surface area contributed by atoms with Gasteiger partial charge in [0.25, 0.3) is 0 Å². The number of nitrogens with one attached hydrogen (secondary N) is 1. The van der Waals surface area contributed by atoms with Crippen LogP contribution in [-0.2, 0) is 11.2 Å². The molecule has 7 heteroatoms. The maximum atomic E-state index is 12.8. The first-order valence-corrected chi connectivity index (χ1v) is 9.66. The Morgan fingerprint density at radius 1 is 1.10 bits per heavy atom. The number of anilines is 2. The molecule has 0 aliphatic carbocycles. The lowest BCUT2D eigenvalue weighted by molar-refractivity contribution is -0.130. The maximum absolute atomic E-state index is 12.8. The van der Waals surface area contributed by atoms with E-state index in [1.54, 1.807) is 4.90 Å². The Labute approximate surface area is 181 Å². The molecule has 1 heterocycles. The highest BCUT2D eigenvalue weighted by Gasteiger charge is 2.16. The number of aromatic nitrogens is 2. The van der Waals surface area contributed by atoms with Crippen LogP contribution in [0.15, 0.2) is 48.8 Å². The first-order valence-electron chi connectivity index (χ1n) is 9.66. The van der Waals surface area contributed by atoms with Crippen LogP contribution in [0.3, 0.4) is 0 Å². The highest BCUT2D eigenvalue weighted by Crippen LogP contribution is 2.25. The monoisotopic (exact) mass is 408 g/mol. The fourth-order valence-corrected chi connectivity index (χ4v) is 3.13. The number of hydrogen-bond acceptors (Lipinski definition) is 4. The van der Waals surface area contributed by atoms with Gasteiger partial charge in [0.05, 0.1) is 25.0 Å². The zero-order chi connectivity index (χ0) is 22.1. The fourth-order valence-electron chi connectivity index (χ4n) is 3.13. The van der Waals surface area contributed by atoms with E-state index in [1.807, 2.05) is 42.5 Å². The fraction of sp³-hybridized carbons (Fsp3) is 0.208. The van der Waals surface area contributed by atoms with E-state index in [4.69, 9.17) is 19.6 Å². The van der Waals surface area contributed by atoms with Gasteiger partial charge in [0.1, 0.15) is 12.1 Å². The molecule has 0 bridgehead atoms. The zero-order valence-corrected chi connectivity index (χ0v) is 16.9. The van der Waals surface area contributed by atoms with Crippen LogP contribution < -0.4 is 5.32 Å². The van der Waals surface area contributed by atoms with Gasteiger partial charge in [-0.15, -0.1) is 6.42 Å². The molecule has 3 aromatic rings. The van der Waals surface area contributed by atoms with Gasteiger partial charge < -0.3 is 19.9 Å². The lowest BCUT2D eigenvalue weighted by atomic mass is 10.1. The van der Waals surface area contributed by atoms with E-state index in [2.05, 4.69) is 30.9 Å². The molecule has 3 rings (SSSR count). The molecule has 1 N–H and O–H groups in total. The van der Waals surface area contributed by atoms with Gasteiger partial charge in [0, 0.05) is 16.6 Å². The van der Waals surface area contributed by atoms with Crippen LogP contribution in [0.1, 0.15) is 11.1 Å². The Bertz CT molecular complexity index is 1200. The van der Waals surface area contributed by atoms with Crippen molar-refractivity contribution in [1.29, 1.82) is 0 Å². The van der Waals surface area contributed by atoms with Crippen LogP contribution in [0.25, 0.3) is 20.6 Å².